The first-order valence-corrected chi connectivity index (χ1v) is 3.78. The molecule has 1 rings (SSSR count). The van der Waals surface area contributed by atoms with Crippen LogP contribution in [0.2, 0.25) is 0 Å². The van der Waals surface area contributed by atoms with E-state index in [9.17, 15) is 0 Å². The lowest BCUT2D eigenvalue weighted by atomic mass is 10.2. The van der Waals surface area contributed by atoms with Gasteiger partial charge in [-0.2, -0.15) is 5.26 Å². The van der Waals surface area contributed by atoms with E-state index in [2.05, 4.69) is 10.2 Å². The number of aliphatic hydroxyl groups excluding tert-OH is 1. The molecule has 0 radical (unpaired) electrons. The number of aromatic nitrogens is 2. The summed E-state index contributed by atoms with van der Waals surface area (Å²) in [4.78, 5) is 0. The van der Waals surface area contributed by atoms with Crippen LogP contribution in [0, 0.1) is 11.3 Å². The SMILES string of the molecule is C[C@H](O)[C@@H](N)c1nnc(CC#N)o1. The van der Waals surface area contributed by atoms with Crippen LogP contribution in [-0.4, -0.2) is 21.4 Å². The Hall–Kier alpha value is -1.45. The third-order valence-electron chi connectivity index (χ3n) is 1.52. The van der Waals surface area contributed by atoms with Crippen LogP contribution >= 0.6 is 0 Å². The third-order valence-corrected chi connectivity index (χ3v) is 1.52. The maximum Gasteiger partial charge on any atom is 0.235 e. The van der Waals surface area contributed by atoms with Crippen LogP contribution < -0.4 is 5.73 Å². The van der Waals surface area contributed by atoms with Gasteiger partial charge >= 0.3 is 0 Å². The quantitative estimate of drug-likeness (QED) is 0.653. The fraction of sp³-hybridized carbons (Fsp3) is 0.571. The fourth-order valence-corrected chi connectivity index (χ4v) is 0.747. The molecule has 6 heteroatoms. The third kappa shape index (κ3) is 2.24. The predicted molar refractivity (Wildman–Crippen MR) is 42.2 cm³/mol. The molecular formula is C7H10N4O2. The van der Waals surface area contributed by atoms with Crippen molar-refractivity contribution in [1.82, 2.24) is 10.2 Å². The van der Waals surface area contributed by atoms with Crippen LogP contribution in [0.3, 0.4) is 0 Å². The van der Waals surface area contributed by atoms with E-state index < -0.39 is 12.1 Å². The molecule has 70 valence electrons. The lowest BCUT2D eigenvalue weighted by molar-refractivity contribution is 0.150. The Bertz CT molecular complexity index is 315. The molecule has 0 aromatic carbocycles. The molecule has 13 heavy (non-hydrogen) atoms. The number of nitrogens with two attached hydrogens (primary N) is 1. The molecule has 2 atom stereocenters. The van der Waals surface area contributed by atoms with Crippen molar-refractivity contribution in [3.63, 3.8) is 0 Å². The van der Waals surface area contributed by atoms with Crippen molar-refractivity contribution in [2.45, 2.75) is 25.5 Å². The normalized spacial score (nSPS) is 14.9. The summed E-state index contributed by atoms with van der Waals surface area (Å²) in [6.07, 6.45) is -0.699. The zero-order valence-corrected chi connectivity index (χ0v) is 7.14. The highest BCUT2D eigenvalue weighted by Gasteiger charge is 2.18. The van der Waals surface area contributed by atoms with Gasteiger partial charge in [0.2, 0.25) is 11.8 Å². The summed E-state index contributed by atoms with van der Waals surface area (Å²) >= 11 is 0. The lowest BCUT2D eigenvalue weighted by Gasteiger charge is -2.08. The summed E-state index contributed by atoms with van der Waals surface area (Å²) in [7, 11) is 0. The second-order valence-corrected chi connectivity index (χ2v) is 2.64. The van der Waals surface area contributed by atoms with E-state index in [0.717, 1.165) is 0 Å². The van der Waals surface area contributed by atoms with E-state index in [0.29, 0.717) is 0 Å². The predicted octanol–water partition coefficient (Wildman–Crippen LogP) is -0.484. The minimum atomic E-state index is -0.754. The highest BCUT2D eigenvalue weighted by atomic mass is 16.4. The van der Waals surface area contributed by atoms with Gasteiger partial charge in [0, 0.05) is 0 Å². The van der Waals surface area contributed by atoms with Gasteiger partial charge in [-0.3, -0.25) is 0 Å². The molecule has 0 aliphatic rings. The van der Waals surface area contributed by atoms with Crippen LogP contribution in [0.1, 0.15) is 24.7 Å². The number of nitriles is 1. The van der Waals surface area contributed by atoms with E-state index in [1.807, 2.05) is 6.07 Å². The summed E-state index contributed by atoms with van der Waals surface area (Å²) in [5.41, 5.74) is 5.52. The summed E-state index contributed by atoms with van der Waals surface area (Å²) in [5.74, 6) is 0.369. The van der Waals surface area contributed by atoms with E-state index in [1.165, 1.54) is 6.92 Å². The molecule has 0 fully saturated rings. The van der Waals surface area contributed by atoms with Gasteiger partial charge in [-0.25, -0.2) is 0 Å². The average Bonchev–Trinajstić information content (AvgIpc) is 2.52. The van der Waals surface area contributed by atoms with Crippen molar-refractivity contribution in [2.75, 3.05) is 0 Å². The first-order chi connectivity index (χ1) is 6.15. The number of rotatable bonds is 3. The minimum Gasteiger partial charge on any atom is -0.422 e. The van der Waals surface area contributed by atoms with Crippen LogP contribution in [0.25, 0.3) is 0 Å². The molecule has 6 nitrogen and oxygen atoms in total. The van der Waals surface area contributed by atoms with Crippen molar-refractivity contribution in [3.8, 4) is 6.07 Å². The molecule has 0 saturated carbocycles. The second-order valence-electron chi connectivity index (χ2n) is 2.64. The largest absolute Gasteiger partial charge is 0.422 e. The van der Waals surface area contributed by atoms with Gasteiger partial charge in [0.05, 0.1) is 12.2 Å². The van der Waals surface area contributed by atoms with E-state index in [-0.39, 0.29) is 18.2 Å². The highest BCUT2D eigenvalue weighted by Crippen LogP contribution is 2.12. The molecule has 1 aromatic rings. The maximum absolute atomic E-state index is 9.10. The Labute approximate surface area is 75.0 Å². The van der Waals surface area contributed by atoms with Crippen molar-refractivity contribution in [1.29, 1.82) is 5.26 Å². The van der Waals surface area contributed by atoms with E-state index in [1.54, 1.807) is 0 Å². The van der Waals surface area contributed by atoms with Crippen LogP contribution in [0.5, 0.6) is 0 Å². The van der Waals surface area contributed by atoms with Crippen molar-refractivity contribution in [3.05, 3.63) is 11.8 Å². The average molecular weight is 182 g/mol. The first kappa shape index (κ1) is 9.64. The molecule has 1 aromatic heterocycles. The molecule has 0 unspecified atom stereocenters. The lowest BCUT2D eigenvalue weighted by Crippen LogP contribution is -2.23. The summed E-state index contributed by atoms with van der Waals surface area (Å²) in [6.45, 7) is 1.53. The van der Waals surface area contributed by atoms with Crippen molar-refractivity contribution in [2.24, 2.45) is 5.73 Å². The molecular weight excluding hydrogens is 172 g/mol. The number of hydrogen-bond acceptors (Lipinski definition) is 6. The number of aliphatic hydroxyl groups is 1. The van der Waals surface area contributed by atoms with Gasteiger partial charge in [-0.15, -0.1) is 10.2 Å². The molecule has 0 spiro atoms. The highest BCUT2D eigenvalue weighted by molar-refractivity contribution is 4.94. The minimum absolute atomic E-state index is 0.0551. The molecule has 3 N–H and O–H groups in total. The van der Waals surface area contributed by atoms with E-state index >= 15 is 0 Å². The Balaban J connectivity index is 2.74. The van der Waals surface area contributed by atoms with Gasteiger partial charge in [0.15, 0.2) is 0 Å². The smallest absolute Gasteiger partial charge is 0.235 e. The second kappa shape index (κ2) is 3.98. The van der Waals surface area contributed by atoms with Gasteiger partial charge in [0.25, 0.3) is 0 Å². The molecule has 0 aliphatic heterocycles. The number of hydrogen-bond donors (Lipinski definition) is 2. The summed E-state index contributed by atoms with van der Waals surface area (Å²) in [6, 6.07) is 1.17. The summed E-state index contributed by atoms with van der Waals surface area (Å²) < 4.78 is 5.02. The molecule has 0 bridgehead atoms. The van der Waals surface area contributed by atoms with E-state index in [4.69, 9.17) is 20.5 Å². The Morgan fingerprint density at radius 1 is 1.69 bits per heavy atom. The van der Waals surface area contributed by atoms with Crippen LogP contribution in [-0.2, 0) is 6.42 Å². The molecule has 0 aliphatic carbocycles. The molecule has 0 saturated heterocycles. The fourth-order valence-electron chi connectivity index (χ4n) is 0.747. The zero-order valence-electron chi connectivity index (χ0n) is 7.14. The zero-order chi connectivity index (χ0) is 9.84. The first-order valence-electron chi connectivity index (χ1n) is 3.78. The molecule has 1 heterocycles. The van der Waals surface area contributed by atoms with Crippen molar-refractivity contribution >= 4 is 0 Å². The monoisotopic (exact) mass is 182 g/mol. The van der Waals surface area contributed by atoms with Crippen LogP contribution in [0.15, 0.2) is 4.42 Å². The summed E-state index contributed by atoms with van der Waals surface area (Å²) in [5, 5.41) is 24.6. The van der Waals surface area contributed by atoms with Gasteiger partial charge < -0.3 is 15.3 Å². The molecule has 0 amide bonds. The van der Waals surface area contributed by atoms with Gasteiger partial charge in [-0.1, -0.05) is 0 Å². The maximum atomic E-state index is 9.10. The number of nitrogens with zero attached hydrogens (tertiary/aromatic N) is 3. The topological polar surface area (TPSA) is 109 Å². The van der Waals surface area contributed by atoms with Gasteiger partial charge in [-0.05, 0) is 6.92 Å². The Morgan fingerprint density at radius 3 is 2.92 bits per heavy atom. The Kier molecular flexibility index (Phi) is 2.95. The van der Waals surface area contributed by atoms with Crippen molar-refractivity contribution < 1.29 is 9.52 Å². The van der Waals surface area contributed by atoms with Gasteiger partial charge in [0.1, 0.15) is 12.5 Å². The standard InChI is InChI=1S/C7H10N4O2/c1-4(12)6(9)7-11-10-5(13-7)2-3-8/h4,6,12H,2,9H2,1H3/t4-,6+/m0/s1. The Morgan fingerprint density at radius 2 is 2.38 bits per heavy atom. The van der Waals surface area contributed by atoms with Crippen LogP contribution in [0.4, 0.5) is 0 Å².